The molecule has 1 amide bonds. The second kappa shape index (κ2) is 9.29. The number of benzene rings is 2. The maximum atomic E-state index is 12.1. The van der Waals surface area contributed by atoms with Crippen LogP contribution >= 0.6 is 23.4 Å². The summed E-state index contributed by atoms with van der Waals surface area (Å²) in [5, 5.41) is 10.8. The third-order valence-electron chi connectivity index (χ3n) is 3.41. The highest BCUT2D eigenvalue weighted by molar-refractivity contribution is 7.99. The third-order valence-corrected chi connectivity index (χ3v) is 4.51. The van der Waals surface area contributed by atoms with Crippen molar-refractivity contribution in [2.24, 2.45) is 0 Å². The predicted molar refractivity (Wildman–Crippen MR) is 105 cm³/mol. The van der Waals surface area contributed by atoms with E-state index >= 15 is 0 Å². The number of hydrogen-bond donors (Lipinski definition) is 2. The fourth-order valence-electron chi connectivity index (χ4n) is 2.15. The molecule has 0 atom stereocenters. The van der Waals surface area contributed by atoms with Gasteiger partial charge in [0.2, 0.25) is 11.1 Å². The molecule has 3 aromatic rings. The van der Waals surface area contributed by atoms with Crippen molar-refractivity contribution >= 4 is 35.0 Å². The summed E-state index contributed by atoms with van der Waals surface area (Å²) in [4.78, 5) is 16.4. The van der Waals surface area contributed by atoms with E-state index in [1.165, 1.54) is 11.8 Å². The van der Waals surface area contributed by atoms with Crippen molar-refractivity contribution < 1.29 is 14.3 Å². The van der Waals surface area contributed by atoms with E-state index in [0.717, 1.165) is 0 Å². The number of methoxy groups -OCH3 is 1. The van der Waals surface area contributed by atoms with E-state index in [1.807, 2.05) is 12.1 Å². The van der Waals surface area contributed by atoms with Crippen LogP contribution in [-0.2, 0) is 11.4 Å². The third kappa shape index (κ3) is 5.63. The van der Waals surface area contributed by atoms with Crippen LogP contribution in [0.15, 0.2) is 53.7 Å². The van der Waals surface area contributed by atoms with Crippen LogP contribution in [0.2, 0.25) is 5.02 Å². The number of ether oxygens (including phenoxy) is 2. The van der Waals surface area contributed by atoms with Gasteiger partial charge in [-0.15, -0.1) is 5.10 Å². The number of hydrogen-bond acceptors (Lipinski definition) is 6. The topological polar surface area (TPSA) is 89.1 Å². The van der Waals surface area contributed by atoms with Crippen LogP contribution < -0.4 is 14.8 Å². The van der Waals surface area contributed by atoms with Crippen molar-refractivity contribution in [2.45, 2.75) is 11.8 Å². The smallest absolute Gasteiger partial charge is 0.234 e. The fourth-order valence-corrected chi connectivity index (χ4v) is 2.90. The van der Waals surface area contributed by atoms with Gasteiger partial charge in [0.15, 0.2) is 5.82 Å². The number of rotatable bonds is 8. The molecule has 0 saturated heterocycles. The number of aromatic amines is 1. The van der Waals surface area contributed by atoms with Gasteiger partial charge in [-0.25, -0.2) is 4.98 Å². The monoisotopic (exact) mass is 404 g/mol. The quantitative estimate of drug-likeness (QED) is 0.555. The summed E-state index contributed by atoms with van der Waals surface area (Å²) in [6.45, 7) is 0.239. The lowest BCUT2D eigenvalue weighted by atomic mass is 10.3. The first-order valence-corrected chi connectivity index (χ1v) is 9.35. The van der Waals surface area contributed by atoms with Gasteiger partial charge in [0.25, 0.3) is 0 Å². The van der Waals surface area contributed by atoms with Crippen molar-refractivity contribution in [1.82, 2.24) is 15.2 Å². The van der Waals surface area contributed by atoms with E-state index in [1.54, 1.807) is 43.5 Å². The number of nitrogens with one attached hydrogen (secondary N) is 2. The highest BCUT2D eigenvalue weighted by Gasteiger charge is 2.10. The zero-order valence-electron chi connectivity index (χ0n) is 14.4. The minimum Gasteiger partial charge on any atom is -0.495 e. The molecule has 3 rings (SSSR count). The van der Waals surface area contributed by atoms with Gasteiger partial charge in [-0.05, 0) is 36.4 Å². The van der Waals surface area contributed by atoms with Crippen LogP contribution in [0.25, 0.3) is 0 Å². The van der Waals surface area contributed by atoms with Gasteiger partial charge in [0.1, 0.15) is 18.1 Å². The van der Waals surface area contributed by atoms with Gasteiger partial charge in [0, 0.05) is 5.02 Å². The minimum atomic E-state index is -0.173. The summed E-state index contributed by atoms with van der Waals surface area (Å²) >= 11 is 7.06. The Morgan fingerprint density at radius 2 is 2.00 bits per heavy atom. The fraction of sp³-hybridized carbons (Fsp3) is 0.167. The normalized spacial score (nSPS) is 10.4. The highest BCUT2D eigenvalue weighted by atomic mass is 35.5. The highest BCUT2D eigenvalue weighted by Crippen LogP contribution is 2.23. The van der Waals surface area contributed by atoms with Crippen LogP contribution in [0.3, 0.4) is 0 Å². The number of carbonyl (C=O) groups is 1. The first-order valence-electron chi connectivity index (χ1n) is 7.99. The van der Waals surface area contributed by atoms with Gasteiger partial charge in [-0.2, -0.15) is 0 Å². The van der Waals surface area contributed by atoms with E-state index in [9.17, 15) is 4.79 Å². The summed E-state index contributed by atoms with van der Waals surface area (Å²) in [6, 6.07) is 14.3. The van der Waals surface area contributed by atoms with Crippen molar-refractivity contribution in [1.29, 1.82) is 0 Å². The molecule has 9 heteroatoms. The van der Waals surface area contributed by atoms with Crippen molar-refractivity contribution in [3.63, 3.8) is 0 Å². The number of anilines is 1. The molecule has 0 unspecified atom stereocenters. The first-order chi connectivity index (χ1) is 13.1. The summed E-state index contributed by atoms with van der Waals surface area (Å²) in [5.74, 6) is 1.86. The summed E-state index contributed by atoms with van der Waals surface area (Å²) in [6.07, 6.45) is 0. The summed E-state index contributed by atoms with van der Waals surface area (Å²) < 4.78 is 10.8. The molecular weight excluding hydrogens is 388 g/mol. The van der Waals surface area contributed by atoms with Crippen molar-refractivity contribution in [2.75, 3.05) is 18.2 Å². The molecule has 2 aromatic carbocycles. The molecule has 0 spiro atoms. The van der Waals surface area contributed by atoms with E-state index < -0.39 is 0 Å². The second-order valence-corrected chi connectivity index (χ2v) is 6.72. The molecule has 1 heterocycles. The molecule has 2 N–H and O–H groups in total. The number of carbonyl (C=O) groups excluding carboxylic acids is 1. The van der Waals surface area contributed by atoms with Gasteiger partial charge < -0.3 is 14.8 Å². The molecule has 0 aliphatic heterocycles. The molecule has 1 aromatic heterocycles. The molecule has 0 aliphatic carbocycles. The molecule has 0 fully saturated rings. The average Bonchev–Trinajstić information content (AvgIpc) is 3.14. The van der Waals surface area contributed by atoms with Crippen LogP contribution in [0.4, 0.5) is 5.69 Å². The Kier molecular flexibility index (Phi) is 6.56. The first kappa shape index (κ1) is 19.1. The molecule has 7 nitrogen and oxygen atoms in total. The molecule has 140 valence electrons. The Bertz CT molecular complexity index is 902. The van der Waals surface area contributed by atoms with E-state index in [0.29, 0.717) is 33.2 Å². The van der Waals surface area contributed by atoms with Gasteiger partial charge in [0.05, 0.1) is 18.6 Å². The Balaban J connectivity index is 1.47. The van der Waals surface area contributed by atoms with Crippen LogP contribution in [-0.4, -0.2) is 34.0 Å². The molecule has 0 radical (unpaired) electrons. The maximum absolute atomic E-state index is 12.1. The van der Waals surface area contributed by atoms with E-state index in [-0.39, 0.29) is 18.3 Å². The van der Waals surface area contributed by atoms with Gasteiger partial charge in [-0.1, -0.05) is 35.5 Å². The van der Waals surface area contributed by atoms with Gasteiger partial charge in [-0.3, -0.25) is 9.89 Å². The zero-order valence-corrected chi connectivity index (χ0v) is 16.0. The number of nitrogens with zero attached hydrogens (tertiary/aromatic N) is 2. The van der Waals surface area contributed by atoms with Crippen LogP contribution in [0, 0.1) is 0 Å². The molecule has 0 bridgehead atoms. The standard InChI is InChI=1S/C18H17ClN4O3S/c1-25-15-5-3-2-4-14(15)20-17(24)11-27-18-21-16(22-23-18)10-26-13-8-6-12(19)7-9-13/h2-9H,10-11H2,1H3,(H,20,24)(H,21,22,23). The second-order valence-electron chi connectivity index (χ2n) is 5.34. The van der Waals surface area contributed by atoms with E-state index in [2.05, 4.69) is 20.5 Å². The maximum Gasteiger partial charge on any atom is 0.234 e. The van der Waals surface area contributed by atoms with E-state index in [4.69, 9.17) is 21.1 Å². The molecular formula is C18H17ClN4O3S. The number of para-hydroxylation sites is 2. The average molecular weight is 405 g/mol. The SMILES string of the molecule is COc1ccccc1NC(=O)CSc1n[nH]c(COc2ccc(Cl)cc2)n1. The number of amides is 1. The predicted octanol–water partition coefficient (Wildman–Crippen LogP) is 3.78. The number of thioether (sulfide) groups is 1. The molecule has 0 aliphatic rings. The molecule has 27 heavy (non-hydrogen) atoms. The zero-order chi connectivity index (χ0) is 19.1. The van der Waals surface area contributed by atoms with Crippen LogP contribution in [0.5, 0.6) is 11.5 Å². The van der Waals surface area contributed by atoms with Crippen molar-refractivity contribution in [3.05, 3.63) is 59.4 Å². The number of H-pyrrole nitrogens is 1. The Morgan fingerprint density at radius 3 is 2.78 bits per heavy atom. The lowest BCUT2D eigenvalue weighted by Gasteiger charge is -2.08. The number of halogens is 1. The Labute approximate surface area is 165 Å². The Hall–Kier alpha value is -2.71. The number of aromatic nitrogens is 3. The summed E-state index contributed by atoms with van der Waals surface area (Å²) in [5.41, 5.74) is 0.623. The van der Waals surface area contributed by atoms with Gasteiger partial charge >= 0.3 is 0 Å². The van der Waals surface area contributed by atoms with Crippen LogP contribution in [0.1, 0.15) is 5.82 Å². The van der Waals surface area contributed by atoms with Crippen molar-refractivity contribution in [3.8, 4) is 11.5 Å². The largest absolute Gasteiger partial charge is 0.495 e. The Morgan fingerprint density at radius 1 is 1.22 bits per heavy atom. The summed E-state index contributed by atoms with van der Waals surface area (Å²) in [7, 11) is 1.56. The lowest BCUT2D eigenvalue weighted by Crippen LogP contribution is -2.14. The minimum absolute atomic E-state index is 0.173. The molecule has 0 saturated carbocycles. The lowest BCUT2D eigenvalue weighted by molar-refractivity contribution is -0.113.